The maximum absolute atomic E-state index is 12.9. The highest BCUT2D eigenvalue weighted by Gasteiger charge is 2.34. The van der Waals surface area contributed by atoms with Crippen LogP contribution in [0, 0.1) is 0 Å². The zero-order chi connectivity index (χ0) is 17.9. The minimum Gasteiger partial charge on any atom is -0.333 e. The van der Waals surface area contributed by atoms with Gasteiger partial charge < -0.3 is 4.90 Å². The standard InChI is InChI=1S/C17H18BrNO3S3/c18-15-5-1-2-6-16(15)24-11-17(20)19(10-14-4-3-8-23-14)13-7-9-25(21,22)12-13/h1-6,8,13H,7,9-12H2. The molecule has 2 heterocycles. The van der Waals surface area contributed by atoms with E-state index in [1.165, 1.54) is 11.8 Å². The lowest BCUT2D eigenvalue weighted by Crippen LogP contribution is -2.41. The Bertz CT molecular complexity index is 837. The normalized spacial score (nSPS) is 19.0. The van der Waals surface area contributed by atoms with Gasteiger partial charge in [-0.15, -0.1) is 23.1 Å². The number of nitrogens with zero attached hydrogens (tertiary/aromatic N) is 1. The lowest BCUT2D eigenvalue weighted by molar-refractivity contribution is -0.130. The molecule has 0 N–H and O–H groups in total. The van der Waals surface area contributed by atoms with Crippen molar-refractivity contribution in [3.63, 3.8) is 0 Å². The van der Waals surface area contributed by atoms with Crippen LogP contribution in [0.5, 0.6) is 0 Å². The number of halogens is 1. The van der Waals surface area contributed by atoms with Gasteiger partial charge in [-0.05, 0) is 45.9 Å². The second-order valence-corrected chi connectivity index (χ2v) is 11.0. The summed E-state index contributed by atoms with van der Waals surface area (Å²) >= 11 is 6.55. The van der Waals surface area contributed by atoms with Gasteiger partial charge in [-0.2, -0.15) is 0 Å². The Kier molecular flexibility index (Phi) is 6.25. The Morgan fingerprint density at radius 2 is 2.08 bits per heavy atom. The number of thiophene rings is 1. The number of carbonyl (C=O) groups is 1. The molecule has 1 atom stereocenters. The first-order valence-electron chi connectivity index (χ1n) is 7.84. The number of carbonyl (C=O) groups excluding carboxylic acids is 1. The van der Waals surface area contributed by atoms with Crippen molar-refractivity contribution in [2.75, 3.05) is 17.3 Å². The van der Waals surface area contributed by atoms with Gasteiger partial charge in [0, 0.05) is 20.3 Å². The van der Waals surface area contributed by atoms with Gasteiger partial charge in [0.05, 0.1) is 23.8 Å². The summed E-state index contributed by atoms with van der Waals surface area (Å²) in [5.41, 5.74) is 0. The van der Waals surface area contributed by atoms with Crippen molar-refractivity contribution < 1.29 is 13.2 Å². The van der Waals surface area contributed by atoms with Crippen LogP contribution in [-0.2, 0) is 21.2 Å². The van der Waals surface area contributed by atoms with Crippen LogP contribution in [0.3, 0.4) is 0 Å². The van der Waals surface area contributed by atoms with Crippen molar-refractivity contribution in [2.45, 2.75) is 23.9 Å². The highest BCUT2D eigenvalue weighted by Crippen LogP contribution is 2.28. The number of hydrogen-bond donors (Lipinski definition) is 0. The van der Waals surface area contributed by atoms with E-state index < -0.39 is 9.84 Å². The fourth-order valence-corrected chi connectivity index (χ4v) is 6.68. The van der Waals surface area contributed by atoms with Crippen molar-refractivity contribution in [1.29, 1.82) is 0 Å². The molecule has 134 valence electrons. The summed E-state index contributed by atoms with van der Waals surface area (Å²) in [5, 5.41) is 1.97. The van der Waals surface area contributed by atoms with Crippen LogP contribution in [0.4, 0.5) is 0 Å². The molecule has 0 saturated carbocycles. The van der Waals surface area contributed by atoms with Gasteiger partial charge in [0.2, 0.25) is 5.91 Å². The van der Waals surface area contributed by atoms with Gasteiger partial charge >= 0.3 is 0 Å². The molecule has 2 aromatic rings. The average Bonchev–Trinajstić information content (AvgIpc) is 3.20. The molecule has 1 aromatic carbocycles. The predicted octanol–water partition coefficient (Wildman–Crippen LogP) is 3.82. The topological polar surface area (TPSA) is 54.5 Å². The maximum Gasteiger partial charge on any atom is 0.233 e. The number of amides is 1. The molecule has 1 aliphatic heterocycles. The monoisotopic (exact) mass is 459 g/mol. The number of thioether (sulfide) groups is 1. The van der Waals surface area contributed by atoms with E-state index in [1.807, 2.05) is 41.8 Å². The summed E-state index contributed by atoms with van der Waals surface area (Å²) in [4.78, 5) is 16.7. The third-order valence-electron chi connectivity index (χ3n) is 4.06. The Labute approximate surface area is 164 Å². The average molecular weight is 460 g/mol. The van der Waals surface area contributed by atoms with E-state index in [2.05, 4.69) is 15.9 Å². The van der Waals surface area contributed by atoms with Gasteiger partial charge in [-0.3, -0.25) is 4.79 Å². The minimum absolute atomic E-state index is 0.0174. The molecular formula is C17H18BrNO3S3. The van der Waals surface area contributed by atoms with Gasteiger partial charge in [0.15, 0.2) is 9.84 Å². The van der Waals surface area contributed by atoms with Crippen molar-refractivity contribution in [2.24, 2.45) is 0 Å². The summed E-state index contributed by atoms with van der Waals surface area (Å²) in [6, 6.07) is 11.5. The Morgan fingerprint density at radius 3 is 2.72 bits per heavy atom. The molecule has 0 radical (unpaired) electrons. The zero-order valence-corrected chi connectivity index (χ0v) is 17.5. The second kappa shape index (κ2) is 8.24. The lowest BCUT2D eigenvalue weighted by Gasteiger charge is -2.28. The predicted molar refractivity (Wildman–Crippen MR) is 107 cm³/mol. The SMILES string of the molecule is O=C(CSc1ccccc1Br)N(Cc1cccs1)C1CCS(=O)(=O)C1. The largest absolute Gasteiger partial charge is 0.333 e. The third kappa shape index (κ3) is 5.09. The smallest absolute Gasteiger partial charge is 0.233 e. The minimum atomic E-state index is -3.03. The van der Waals surface area contributed by atoms with E-state index in [0.29, 0.717) is 18.7 Å². The van der Waals surface area contributed by atoms with Crippen LogP contribution in [0.1, 0.15) is 11.3 Å². The Morgan fingerprint density at radius 1 is 1.28 bits per heavy atom. The molecule has 0 bridgehead atoms. The number of hydrogen-bond acceptors (Lipinski definition) is 5. The van der Waals surface area contributed by atoms with Gasteiger partial charge in [-0.25, -0.2) is 8.42 Å². The lowest BCUT2D eigenvalue weighted by atomic mass is 10.2. The first-order valence-corrected chi connectivity index (χ1v) is 12.3. The fraction of sp³-hybridized carbons (Fsp3) is 0.353. The second-order valence-electron chi connectivity index (χ2n) is 5.88. The van der Waals surface area contributed by atoms with E-state index >= 15 is 0 Å². The molecule has 0 spiro atoms. The molecule has 1 unspecified atom stereocenters. The third-order valence-corrected chi connectivity index (χ3v) is 8.69. The number of benzene rings is 1. The molecular weight excluding hydrogens is 442 g/mol. The van der Waals surface area contributed by atoms with Gasteiger partial charge in [0.25, 0.3) is 0 Å². The van der Waals surface area contributed by atoms with E-state index in [9.17, 15) is 13.2 Å². The van der Waals surface area contributed by atoms with E-state index in [0.717, 1.165) is 14.2 Å². The van der Waals surface area contributed by atoms with Crippen molar-refractivity contribution in [3.05, 3.63) is 51.1 Å². The van der Waals surface area contributed by atoms with Crippen molar-refractivity contribution >= 4 is 54.8 Å². The summed E-state index contributed by atoms with van der Waals surface area (Å²) in [5.74, 6) is 0.522. The van der Waals surface area contributed by atoms with Crippen molar-refractivity contribution in [1.82, 2.24) is 4.90 Å². The molecule has 1 fully saturated rings. The summed E-state index contributed by atoms with van der Waals surface area (Å²) in [6.45, 7) is 0.479. The van der Waals surface area contributed by atoms with E-state index in [1.54, 1.807) is 16.2 Å². The highest BCUT2D eigenvalue weighted by molar-refractivity contribution is 9.10. The Balaban J connectivity index is 1.71. The zero-order valence-electron chi connectivity index (χ0n) is 13.4. The maximum atomic E-state index is 12.9. The molecule has 3 rings (SSSR count). The molecule has 1 aromatic heterocycles. The van der Waals surface area contributed by atoms with Crippen LogP contribution in [0.15, 0.2) is 51.1 Å². The van der Waals surface area contributed by atoms with Crippen molar-refractivity contribution in [3.8, 4) is 0 Å². The van der Waals surface area contributed by atoms with Crippen LogP contribution >= 0.6 is 39.0 Å². The first-order chi connectivity index (χ1) is 11.9. The molecule has 1 aliphatic rings. The quantitative estimate of drug-likeness (QED) is 0.616. The van der Waals surface area contributed by atoms with Crippen LogP contribution in [0.25, 0.3) is 0 Å². The first kappa shape index (κ1) is 18.9. The number of sulfone groups is 1. The van der Waals surface area contributed by atoms with Crippen LogP contribution in [-0.4, -0.2) is 42.5 Å². The fourth-order valence-electron chi connectivity index (χ4n) is 2.80. The summed E-state index contributed by atoms with van der Waals surface area (Å²) < 4.78 is 24.7. The molecule has 0 aliphatic carbocycles. The summed E-state index contributed by atoms with van der Waals surface area (Å²) in [7, 11) is -3.03. The molecule has 1 amide bonds. The molecule has 8 heteroatoms. The van der Waals surface area contributed by atoms with Crippen LogP contribution in [0.2, 0.25) is 0 Å². The van der Waals surface area contributed by atoms with Gasteiger partial charge in [-0.1, -0.05) is 18.2 Å². The number of rotatable bonds is 6. The van der Waals surface area contributed by atoms with Gasteiger partial charge in [0.1, 0.15) is 0 Å². The molecule has 1 saturated heterocycles. The van der Waals surface area contributed by atoms with Crippen LogP contribution < -0.4 is 0 Å². The summed E-state index contributed by atoms with van der Waals surface area (Å²) in [6.07, 6.45) is 0.527. The Hall–Kier alpha value is -0.830. The molecule has 25 heavy (non-hydrogen) atoms. The van der Waals surface area contributed by atoms with E-state index in [4.69, 9.17) is 0 Å². The highest BCUT2D eigenvalue weighted by atomic mass is 79.9. The van der Waals surface area contributed by atoms with E-state index in [-0.39, 0.29) is 23.5 Å². The molecule has 4 nitrogen and oxygen atoms in total.